The third-order valence-electron chi connectivity index (χ3n) is 1.69. The number of aryl methyl sites for hydroxylation is 1. The largest absolute Gasteiger partial charge is 0.433 e. The summed E-state index contributed by atoms with van der Waals surface area (Å²) in [6.45, 7) is 1.36. The lowest BCUT2D eigenvalue weighted by Gasteiger charge is -2.04. The molecule has 78 valence electrons. The SMILES string of the molecule is C/C(=N\O)c1cc(C(F)(F)F)n(C)n1. The Kier molecular flexibility index (Phi) is 2.50. The normalized spacial score (nSPS) is 13.4. The molecule has 0 saturated heterocycles. The molecule has 1 aromatic rings. The second-order valence-corrected chi connectivity index (χ2v) is 2.72. The van der Waals surface area contributed by atoms with Crippen molar-refractivity contribution in [2.45, 2.75) is 13.1 Å². The maximum atomic E-state index is 12.3. The van der Waals surface area contributed by atoms with Crippen molar-refractivity contribution in [2.24, 2.45) is 12.2 Å². The molecule has 1 heterocycles. The van der Waals surface area contributed by atoms with Gasteiger partial charge in [-0.3, -0.25) is 4.68 Å². The van der Waals surface area contributed by atoms with Crippen LogP contribution >= 0.6 is 0 Å². The highest BCUT2D eigenvalue weighted by atomic mass is 19.4. The van der Waals surface area contributed by atoms with Gasteiger partial charge >= 0.3 is 6.18 Å². The summed E-state index contributed by atoms with van der Waals surface area (Å²) in [7, 11) is 1.18. The standard InChI is InChI=1S/C7H8F3N3O/c1-4(12-14)5-3-6(7(8,9)10)13(2)11-5/h3,14H,1-2H3/b12-4+. The van der Waals surface area contributed by atoms with E-state index >= 15 is 0 Å². The van der Waals surface area contributed by atoms with E-state index in [4.69, 9.17) is 5.21 Å². The summed E-state index contributed by atoms with van der Waals surface area (Å²) in [5.41, 5.74) is -0.839. The Morgan fingerprint density at radius 1 is 1.57 bits per heavy atom. The highest BCUT2D eigenvalue weighted by molar-refractivity contribution is 5.96. The minimum absolute atomic E-state index is 0.00215. The molecule has 1 N–H and O–H groups in total. The van der Waals surface area contributed by atoms with Crippen LogP contribution in [0.2, 0.25) is 0 Å². The highest BCUT2D eigenvalue weighted by Crippen LogP contribution is 2.29. The Morgan fingerprint density at radius 2 is 2.14 bits per heavy atom. The van der Waals surface area contributed by atoms with Crippen molar-refractivity contribution >= 4 is 5.71 Å². The first-order chi connectivity index (χ1) is 6.36. The predicted octanol–water partition coefficient (Wildman–Crippen LogP) is 1.64. The lowest BCUT2D eigenvalue weighted by atomic mass is 10.3. The molecule has 14 heavy (non-hydrogen) atoms. The third kappa shape index (κ3) is 1.86. The van der Waals surface area contributed by atoms with Crippen molar-refractivity contribution < 1.29 is 18.4 Å². The maximum Gasteiger partial charge on any atom is 0.433 e. The molecule has 0 atom stereocenters. The van der Waals surface area contributed by atoms with Crippen molar-refractivity contribution in [3.63, 3.8) is 0 Å². The van der Waals surface area contributed by atoms with Crippen LogP contribution in [0.3, 0.4) is 0 Å². The van der Waals surface area contributed by atoms with Crippen molar-refractivity contribution in [3.8, 4) is 0 Å². The Bertz CT molecular complexity index is 367. The fourth-order valence-electron chi connectivity index (χ4n) is 0.961. The zero-order valence-corrected chi connectivity index (χ0v) is 7.50. The van der Waals surface area contributed by atoms with Gasteiger partial charge in [-0.1, -0.05) is 5.16 Å². The second kappa shape index (κ2) is 3.32. The van der Waals surface area contributed by atoms with Gasteiger partial charge in [-0.05, 0) is 13.0 Å². The molecular formula is C7H8F3N3O. The van der Waals surface area contributed by atoms with Gasteiger partial charge in [0.15, 0.2) is 0 Å². The minimum Gasteiger partial charge on any atom is -0.411 e. The van der Waals surface area contributed by atoms with Crippen LogP contribution in [0.15, 0.2) is 11.2 Å². The Balaban J connectivity index is 3.18. The molecule has 0 unspecified atom stereocenters. The van der Waals surface area contributed by atoms with Crippen LogP contribution in [0.25, 0.3) is 0 Å². The van der Waals surface area contributed by atoms with Gasteiger partial charge in [0, 0.05) is 7.05 Å². The van der Waals surface area contributed by atoms with E-state index in [2.05, 4.69) is 10.3 Å². The monoisotopic (exact) mass is 207 g/mol. The molecule has 0 aliphatic heterocycles. The van der Waals surface area contributed by atoms with Crippen LogP contribution in [0.4, 0.5) is 13.2 Å². The number of alkyl halides is 3. The van der Waals surface area contributed by atoms with E-state index in [1.807, 2.05) is 0 Å². The molecule has 0 bridgehead atoms. The molecule has 7 heteroatoms. The number of hydrogen-bond acceptors (Lipinski definition) is 3. The van der Waals surface area contributed by atoms with E-state index in [1.54, 1.807) is 0 Å². The molecule has 0 saturated carbocycles. The quantitative estimate of drug-likeness (QED) is 0.432. The molecule has 0 amide bonds. The first-order valence-corrected chi connectivity index (χ1v) is 3.66. The molecule has 0 radical (unpaired) electrons. The fraction of sp³-hybridized carbons (Fsp3) is 0.429. The highest BCUT2D eigenvalue weighted by Gasteiger charge is 2.35. The molecular weight excluding hydrogens is 199 g/mol. The lowest BCUT2D eigenvalue weighted by Crippen LogP contribution is -2.11. The van der Waals surface area contributed by atoms with E-state index < -0.39 is 11.9 Å². The van der Waals surface area contributed by atoms with Crippen molar-refractivity contribution in [1.29, 1.82) is 0 Å². The van der Waals surface area contributed by atoms with Gasteiger partial charge in [-0.2, -0.15) is 18.3 Å². The zero-order chi connectivity index (χ0) is 10.9. The number of oxime groups is 1. The molecule has 0 spiro atoms. The van der Waals surface area contributed by atoms with Crippen LogP contribution < -0.4 is 0 Å². The van der Waals surface area contributed by atoms with Gasteiger partial charge < -0.3 is 5.21 Å². The van der Waals surface area contributed by atoms with E-state index in [1.165, 1.54) is 14.0 Å². The van der Waals surface area contributed by atoms with Gasteiger partial charge in [0.1, 0.15) is 17.1 Å². The van der Waals surface area contributed by atoms with Gasteiger partial charge in [-0.25, -0.2) is 0 Å². The smallest absolute Gasteiger partial charge is 0.411 e. The van der Waals surface area contributed by atoms with Crippen LogP contribution in [-0.2, 0) is 13.2 Å². The van der Waals surface area contributed by atoms with Crippen LogP contribution in [0.5, 0.6) is 0 Å². The number of rotatable bonds is 1. The molecule has 1 aromatic heterocycles. The topological polar surface area (TPSA) is 50.4 Å². The van der Waals surface area contributed by atoms with Gasteiger partial charge in [0.2, 0.25) is 0 Å². The summed E-state index contributed by atoms with van der Waals surface area (Å²) in [5, 5.41) is 14.7. The Morgan fingerprint density at radius 3 is 2.50 bits per heavy atom. The Labute approximate surface area is 77.6 Å². The van der Waals surface area contributed by atoms with E-state index in [0.29, 0.717) is 4.68 Å². The van der Waals surface area contributed by atoms with Crippen LogP contribution in [0.1, 0.15) is 18.3 Å². The van der Waals surface area contributed by atoms with Gasteiger partial charge in [0.05, 0.1) is 0 Å². The first-order valence-electron chi connectivity index (χ1n) is 3.66. The van der Waals surface area contributed by atoms with Crippen molar-refractivity contribution in [3.05, 3.63) is 17.5 Å². The number of halogens is 3. The lowest BCUT2D eigenvalue weighted by molar-refractivity contribution is -0.143. The summed E-state index contributed by atoms with van der Waals surface area (Å²) in [6, 6.07) is 0.828. The number of nitrogens with zero attached hydrogens (tertiary/aromatic N) is 3. The van der Waals surface area contributed by atoms with E-state index in [0.717, 1.165) is 6.07 Å². The number of aromatic nitrogens is 2. The predicted molar refractivity (Wildman–Crippen MR) is 42.2 cm³/mol. The molecule has 0 fully saturated rings. The van der Waals surface area contributed by atoms with E-state index in [9.17, 15) is 13.2 Å². The van der Waals surface area contributed by atoms with Crippen LogP contribution in [-0.4, -0.2) is 20.7 Å². The van der Waals surface area contributed by atoms with Crippen molar-refractivity contribution in [2.75, 3.05) is 0 Å². The van der Waals surface area contributed by atoms with Gasteiger partial charge in [-0.15, -0.1) is 0 Å². The molecule has 0 aliphatic carbocycles. The summed E-state index contributed by atoms with van der Waals surface area (Å²) >= 11 is 0. The minimum atomic E-state index is -4.45. The summed E-state index contributed by atoms with van der Waals surface area (Å²) < 4.78 is 37.5. The molecule has 1 rings (SSSR count). The summed E-state index contributed by atoms with van der Waals surface area (Å²) in [4.78, 5) is 0. The molecule has 0 aromatic carbocycles. The van der Waals surface area contributed by atoms with Crippen LogP contribution in [0, 0.1) is 0 Å². The molecule has 0 aliphatic rings. The first kappa shape index (κ1) is 10.6. The van der Waals surface area contributed by atoms with Crippen molar-refractivity contribution in [1.82, 2.24) is 9.78 Å². The fourth-order valence-corrected chi connectivity index (χ4v) is 0.961. The average Bonchev–Trinajstić information content (AvgIpc) is 2.45. The average molecular weight is 207 g/mol. The van der Waals surface area contributed by atoms with Gasteiger partial charge in [0.25, 0.3) is 0 Å². The number of hydrogen-bond donors (Lipinski definition) is 1. The molecule has 4 nitrogen and oxygen atoms in total. The second-order valence-electron chi connectivity index (χ2n) is 2.72. The summed E-state index contributed by atoms with van der Waals surface area (Å²) in [6.07, 6.45) is -4.45. The zero-order valence-electron chi connectivity index (χ0n) is 7.50. The van der Waals surface area contributed by atoms with E-state index in [-0.39, 0.29) is 11.4 Å². The third-order valence-corrected chi connectivity index (χ3v) is 1.69. The Hall–Kier alpha value is -1.53. The maximum absolute atomic E-state index is 12.3. The summed E-state index contributed by atoms with van der Waals surface area (Å²) in [5.74, 6) is 0.